The first kappa shape index (κ1) is 16.2. The average molecular weight is 348 g/mol. The van der Waals surface area contributed by atoms with Crippen LogP contribution < -0.4 is 15.5 Å². The molecule has 3 aliphatic rings. The fourth-order valence-corrected chi connectivity index (χ4v) is 3.80. The van der Waals surface area contributed by atoms with E-state index in [9.17, 15) is 4.79 Å². The zero-order valence-electron chi connectivity index (χ0n) is 14.5. The normalized spacial score (nSPS) is 27.1. The quantitative estimate of drug-likeness (QED) is 0.816. The van der Waals surface area contributed by atoms with Crippen molar-refractivity contribution in [2.45, 2.75) is 18.4 Å². The van der Waals surface area contributed by atoms with Gasteiger partial charge in [-0.05, 0) is 12.8 Å². The molecule has 1 spiro atoms. The Balaban J connectivity index is 1.56. The van der Waals surface area contributed by atoms with Crippen LogP contribution >= 0.6 is 0 Å². The number of nitrogens with two attached hydrogens (primary N) is 1. The van der Waals surface area contributed by atoms with Crippen LogP contribution in [-0.4, -0.2) is 79.5 Å². The number of nitrogens with zero attached hydrogens (tertiary/aromatic N) is 5. The summed E-state index contributed by atoms with van der Waals surface area (Å²) in [6.45, 7) is 4.96. The number of morpholine rings is 1. The second-order valence-corrected chi connectivity index (χ2v) is 6.98. The molecule has 0 bridgehead atoms. The maximum Gasteiger partial charge on any atom is 0.410 e. The van der Waals surface area contributed by atoms with E-state index < -0.39 is 5.60 Å². The van der Waals surface area contributed by atoms with Gasteiger partial charge in [0.05, 0.1) is 26.3 Å². The summed E-state index contributed by atoms with van der Waals surface area (Å²) in [6, 6.07) is 1.80. The first-order valence-corrected chi connectivity index (χ1v) is 8.71. The third-order valence-electron chi connectivity index (χ3n) is 5.02. The van der Waals surface area contributed by atoms with Crippen molar-refractivity contribution in [3.63, 3.8) is 0 Å². The Bertz CT molecular complexity index is 665. The summed E-state index contributed by atoms with van der Waals surface area (Å²) >= 11 is 0. The van der Waals surface area contributed by atoms with Gasteiger partial charge in [-0.15, -0.1) is 0 Å². The number of piperidine rings is 1. The molecule has 0 unspecified atom stereocenters. The smallest absolute Gasteiger partial charge is 0.410 e. The molecule has 3 fully saturated rings. The highest BCUT2D eigenvalue weighted by molar-refractivity contribution is 5.70. The molecule has 25 heavy (non-hydrogen) atoms. The molecule has 9 heteroatoms. The Morgan fingerprint density at radius 1 is 1.16 bits per heavy atom. The third-order valence-corrected chi connectivity index (χ3v) is 5.02. The lowest BCUT2D eigenvalue weighted by molar-refractivity contribution is 0.0445. The Kier molecular flexibility index (Phi) is 4.03. The van der Waals surface area contributed by atoms with Crippen molar-refractivity contribution in [1.29, 1.82) is 0 Å². The molecule has 136 valence electrons. The van der Waals surface area contributed by atoms with Crippen molar-refractivity contribution < 1.29 is 14.3 Å². The van der Waals surface area contributed by atoms with Crippen LogP contribution in [0.5, 0.6) is 0 Å². The van der Waals surface area contributed by atoms with Crippen LogP contribution in [0.2, 0.25) is 0 Å². The van der Waals surface area contributed by atoms with E-state index in [0.29, 0.717) is 38.1 Å². The first-order valence-electron chi connectivity index (χ1n) is 8.71. The Hall–Kier alpha value is -2.29. The lowest BCUT2D eigenvalue weighted by Gasteiger charge is -2.39. The van der Waals surface area contributed by atoms with Gasteiger partial charge in [-0.25, -0.2) is 4.79 Å². The number of carbonyl (C=O) groups excluding carboxylic acids is 1. The molecule has 1 amide bonds. The SMILES string of the molecule is CN1C[C@]2(CCCN(c3cc(N)nc(N4CCOCC4)n3)C2)OC1=O. The maximum atomic E-state index is 11.8. The highest BCUT2D eigenvalue weighted by Gasteiger charge is 2.46. The Labute approximate surface area is 146 Å². The molecule has 3 saturated heterocycles. The highest BCUT2D eigenvalue weighted by atomic mass is 16.6. The molecular formula is C16H24N6O3. The zero-order chi connectivity index (χ0) is 17.4. The molecule has 1 aromatic rings. The van der Waals surface area contributed by atoms with Gasteiger partial charge in [0.1, 0.15) is 17.2 Å². The van der Waals surface area contributed by atoms with Gasteiger partial charge in [0.15, 0.2) is 0 Å². The minimum atomic E-state index is -0.455. The summed E-state index contributed by atoms with van der Waals surface area (Å²) in [5.41, 5.74) is 5.58. The van der Waals surface area contributed by atoms with Crippen molar-refractivity contribution in [3.8, 4) is 0 Å². The molecule has 0 radical (unpaired) electrons. The van der Waals surface area contributed by atoms with Crippen molar-refractivity contribution in [2.24, 2.45) is 0 Å². The summed E-state index contributed by atoms with van der Waals surface area (Å²) < 4.78 is 11.1. The molecule has 1 aromatic heterocycles. The number of anilines is 3. The summed E-state index contributed by atoms with van der Waals surface area (Å²) in [5, 5.41) is 0. The van der Waals surface area contributed by atoms with E-state index in [0.717, 1.165) is 38.3 Å². The molecule has 1 atom stereocenters. The molecule has 9 nitrogen and oxygen atoms in total. The number of aromatic nitrogens is 2. The number of hydrogen-bond acceptors (Lipinski definition) is 8. The monoisotopic (exact) mass is 348 g/mol. The number of amides is 1. The van der Waals surface area contributed by atoms with Gasteiger partial charge in [-0.2, -0.15) is 9.97 Å². The zero-order valence-corrected chi connectivity index (χ0v) is 14.5. The molecule has 3 aliphatic heterocycles. The summed E-state index contributed by atoms with van der Waals surface area (Å²) in [7, 11) is 1.77. The number of nitrogen functional groups attached to an aromatic ring is 1. The van der Waals surface area contributed by atoms with E-state index in [1.165, 1.54) is 0 Å². The van der Waals surface area contributed by atoms with E-state index in [2.05, 4.69) is 14.8 Å². The standard InChI is InChI=1S/C16H24N6O3/c1-20-10-16(25-15(20)23)3-2-4-22(11-16)13-9-12(17)18-14(19-13)21-5-7-24-8-6-21/h9H,2-8,10-11H2,1H3,(H2,17,18,19)/t16-/m0/s1. The molecule has 4 rings (SSSR count). The summed E-state index contributed by atoms with van der Waals surface area (Å²) in [6.07, 6.45) is 1.56. The topological polar surface area (TPSA) is 97.1 Å². The minimum absolute atomic E-state index is 0.252. The van der Waals surface area contributed by atoms with E-state index in [1.807, 2.05) is 0 Å². The van der Waals surface area contributed by atoms with Crippen LogP contribution in [0.25, 0.3) is 0 Å². The largest absolute Gasteiger partial charge is 0.439 e. The second-order valence-electron chi connectivity index (χ2n) is 6.98. The van der Waals surface area contributed by atoms with Crippen LogP contribution in [-0.2, 0) is 9.47 Å². The molecule has 0 saturated carbocycles. The van der Waals surface area contributed by atoms with Gasteiger partial charge in [0.2, 0.25) is 5.95 Å². The molecular weight excluding hydrogens is 324 g/mol. The van der Waals surface area contributed by atoms with E-state index >= 15 is 0 Å². The van der Waals surface area contributed by atoms with Gasteiger partial charge >= 0.3 is 6.09 Å². The Morgan fingerprint density at radius 2 is 1.96 bits per heavy atom. The fourth-order valence-electron chi connectivity index (χ4n) is 3.80. The van der Waals surface area contributed by atoms with Gasteiger partial charge in [-0.1, -0.05) is 0 Å². The predicted octanol–water partition coefficient (Wildman–Crippen LogP) is 0.316. The average Bonchev–Trinajstić information content (AvgIpc) is 2.88. The molecule has 2 N–H and O–H groups in total. The van der Waals surface area contributed by atoms with Crippen LogP contribution in [0.4, 0.5) is 22.4 Å². The van der Waals surface area contributed by atoms with Gasteiger partial charge < -0.3 is 29.9 Å². The third kappa shape index (κ3) is 3.15. The number of carbonyl (C=O) groups is 1. The number of likely N-dealkylation sites (N-methyl/N-ethyl adjacent to an activating group) is 1. The highest BCUT2D eigenvalue weighted by Crippen LogP contribution is 2.33. The van der Waals surface area contributed by atoms with Crippen molar-refractivity contribution in [1.82, 2.24) is 14.9 Å². The van der Waals surface area contributed by atoms with E-state index in [1.54, 1.807) is 18.0 Å². The van der Waals surface area contributed by atoms with Gasteiger partial charge in [-0.3, -0.25) is 0 Å². The summed E-state index contributed by atoms with van der Waals surface area (Å²) in [5.74, 6) is 1.88. The fraction of sp³-hybridized carbons (Fsp3) is 0.688. The lowest BCUT2D eigenvalue weighted by Crippen LogP contribution is -2.51. The number of ether oxygens (including phenoxy) is 2. The van der Waals surface area contributed by atoms with Crippen molar-refractivity contribution in [2.75, 3.05) is 68.5 Å². The number of hydrogen-bond donors (Lipinski definition) is 1. The first-order chi connectivity index (χ1) is 12.0. The lowest BCUT2D eigenvalue weighted by atomic mass is 9.93. The van der Waals surface area contributed by atoms with Crippen molar-refractivity contribution >= 4 is 23.7 Å². The maximum absolute atomic E-state index is 11.8. The minimum Gasteiger partial charge on any atom is -0.439 e. The molecule has 4 heterocycles. The van der Waals surface area contributed by atoms with Gasteiger partial charge in [0.25, 0.3) is 0 Å². The van der Waals surface area contributed by atoms with E-state index in [-0.39, 0.29) is 6.09 Å². The van der Waals surface area contributed by atoms with Gasteiger partial charge in [0, 0.05) is 32.7 Å². The van der Waals surface area contributed by atoms with Crippen LogP contribution in [0, 0.1) is 0 Å². The second kappa shape index (κ2) is 6.21. The Morgan fingerprint density at radius 3 is 2.68 bits per heavy atom. The predicted molar refractivity (Wildman–Crippen MR) is 92.8 cm³/mol. The van der Waals surface area contributed by atoms with Crippen LogP contribution in [0.15, 0.2) is 6.07 Å². The number of rotatable bonds is 2. The van der Waals surface area contributed by atoms with E-state index in [4.69, 9.17) is 20.2 Å². The van der Waals surface area contributed by atoms with Crippen molar-refractivity contribution in [3.05, 3.63) is 6.07 Å². The van der Waals surface area contributed by atoms with Crippen LogP contribution in [0.3, 0.4) is 0 Å². The van der Waals surface area contributed by atoms with Crippen LogP contribution in [0.1, 0.15) is 12.8 Å². The molecule has 0 aliphatic carbocycles. The molecule has 0 aromatic carbocycles. The summed E-state index contributed by atoms with van der Waals surface area (Å²) in [4.78, 5) is 26.8.